The molecule has 0 unspecified atom stereocenters. The third kappa shape index (κ3) is 5.85. The smallest absolute Gasteiger partial charge is 0.310 e. The number of carboxylic acid groups (broad SMARTS) is 1. The third-order valence-corrected chi connectivity index (χ3v) is 17.0. The van der Waals surface area contributed by atoms with Crippen molar-refractivity contribution < 1.29 is 59.5 Å². The summed E-state index contributed by atoms with van der Waals surface area (Å²) in [6.45, 7) is 15.1. The molecule has 7 aliphatic rings. The van der Waals surface area contributed by atoms with E-state index in [-0.39, 0.29) is 46.7 Å². The Bertz CT molecular complexity index is 1440. The Morgan fingerprint density at radius 3 is 2.21 bits per heavy atom. The minimum absolute atomic E-state index is 0.0360. The molecule has 4 saturated carbocycles. The van der Waals surface area contributed by atoms with Gasteiger partial charge in [0.1, 0.15) is 36.6 Å². The molecule has 7 rings (SSSR count). The number of carbonyl (C=O) groups is 1. The van der Waals surface area contributed by atoms with E-state index in [0.717, 1.165) is 51.4 Å². The van der Waals surface area contributed by atoms with Crippen molar-refractivity contribution in [3.8, 4) is 0 Å². The van der Waals surface area contributed by atoms with Crippen LogP contribution in [0.1, 0.15) is 113 Å². The van der Waals surface area contributed by atoms with Crippen molar-refractivity contribution >= 4 is 5.97 Å². The maximum atomic E-state index is 13.0. The van der Waals surface area contributed by atoms with Gasteiger partial charge in [-0.3, -0.25) is 4.79 Å². The first-order valence-corrected chi connectivity index (χ1v) is 20.2. The van der Waals surface area contributed by atoms with Crippen molar-refractivity contribution in [2.75, 3.05) is 13.2 Å². The number of hydrogen-bond acceptors (Lipinski definition) is 11. The molecule has 7 N–H and O–H groups in total. The molecule has 0 aromatic heterocycles. The normalized spacial score (nSPS) is 55.1. The highest BCUT2D eigenvalue weighted by Crippen LogP contribution is 2.76. The number of aliphatic hydroxyl groups excluding tert-OH is 6. The van der Waals surface area contributed by atoms with E-state index in [4.69, 9.17) is 18.9 Å². The zero-order valence-electron chi connectivity index (χ0n) is 32.7. The van der Waals surface area contributed by atoms with Gasteiger partial charge in [0.2, 0.25) is 0 Å². The number of allylic oxidation sites excluding steroid dienone is 2. The molecule has 302 valence electrons. The molecule has 0 spiro atoms. The van der Waals surface area contributed by atoms with Gasteiger partial charge in [0.05, 0.1) is 30.8 Å². The third-order valence-electron chi connectivity index (χ3n) is 17.0. The molecule has 6 fully saturated rings. The molecular formula is C41H66O12. The van der Waals surface area contributed by atoms with Gasteiger partial charge in [-0.15, -0.1) is 0 Å². The molecule has 0 amide bonds. The zero-order chi connectivity index (χ0) is 38.7. The average Bonchev–Trinajstić information content (AvgIpc) is 3.10. The molecule has 12 nitrogen and oxygen atoms in total. The molecule has 18 atom stereocenters. The first-order chi connectivity index (χ1) is 24.7. The van der Waals surface area contributed by atoms with E-state index < -0.39 is 78.2 Å². The van der Waals surface area contributed by atoms with Gasteiger partial charge in [-0.2, -0.15) is 0 Å². The van der Waals surface area contributed by atoms with E-state index >= 15 is 0 Å². The fourth-order valence-corrected chi connectivity index (χ4v) is 13.3. The molecule has 0 aromatic rings. The Hall–Kier alpha value is -1.19. The lowest BCUT2D eigenvalue weighted by atomic mass is 9.33. The van der Waals surface area contributed by atoms with Gasteiger partial charge >= 0.3 is 5.97 Å². The molecule has 5 aliphatic carbocycles. The van der Waals surface area contributed by atoms with Crippen molar-refractivity contribution in [3.05, 3.63) is 11.6 Å². The van der Waals surface area contributed by atoms with Crippen molar-refractivity contribution in [1.29, 1.82) is 0 Å². The standard InChI is InChI=1S/C41H66O12/c1-21-28(44)30(46)31(47)33(51-21)53-32-29(45)24(43)19-50-34(32)52-27-11-12-37(4)25(38(27,5)20-42)10-13-40(7)26(37)9-8-22-23-18-36(2,3)14-16-41(23,35(48)49)17-15-39(22,40)6/h8,21,23-34,42-47H,9-20H2,1-7H3,(H,48,49)/t21-,23-,24-,25+,26+,27-,28-,29-,30+,31+,32+,33-,34-,37-,38-,39+,40+,41-/m1/s1. The Kier molecular flexibility index (Phi) is 10.2. The second kappa shape index (κ2) is 13.5. The predicted octanol–water partition coefficient (Wildman–Crippen LogP) is 3.52. The van der Waals surface area contributed by atoms with Crippen LogP contribution in [-0.4, -0.2) is 116 Å². The Morgan fingerprint density at radius 2 is 1.53 bits per heavy atom. The van der Waals surface area contributed by atoms with Gasteiger partial charge in [0, 0.05) is 5.41 Å². The van der Waals surface area contributed by atoms with Crippen LogP contribution in [0.4, 0.5) is 0 Å². The number of aliphatic carboxylic acids is 1. The van der Waals surface area contributed by atoms with Crippen LogP contribution >= 0.6 is 0 Å². The van der Waals surface area contributed by atoms with E-state index in [0.29, 0.717) is 18.8 Å². The number of rotatable bonds is 6. The van der Waals surface area contributed by atoms with Crippen LogP contribution in [0.2, 0.25) is 0 Å². The SMILES string of the molecule is C[C@H]1O[C@H](O[C@@H]2[C@@H](O[C@@H]3CC[C@]4(C)[C@H](CC[C@@]5(C)[C@H]4CC=C4[C@H]6CC(C)(C)CC[C@@]6(C(=O)O)CC[C@@]45C)[C@@]3(C)CO)OC[C@@H](O)[C@H]2O)[C@@H](O)[C@@H](O)[C@@H]1O. The van der Waals surface area contributed by atoms with Gasteiger partial charge in [-0.25, -0.2) is 0 Å². The summed E-state index contributed by atoms with van der Waals surface area (Å²) < 4.78 is 24.3. The summed E-state index contributed by atoms with van der Waals surface area (Å²) in [6, 6.07) is 0. The highest BCUT2D eigenvalue weighted by Gasteiger charge is 2.70. The second-order valence-electron chi connectivity index (χ2n) is 20.0. The minimum Gasteiger partial charge on any atom is -0.481 e. The van der Waals surface area contributed by atoms with Crippen molar-refractivity contribution in [3.63, 3.8) is 0 Å². The monoisotopic (exact) mass is 750 g/mol. The fourth-order valence-electron chi connectivity index (χ4n) is 13.3. The number of ether oxygens (including phenoxy) is 4. The molecule has 2 saturated heterocycles. The quantitative estimate of drug-likeness (QED) is 0.155. The van der Waals surface area contributed by atoms with E-state index in [2.05, 4.69) is 47.6 Å². The summed E-state index contributed by atoms with van der Waals surface area (Å²) in [5, 5.41) is 74.9. The molecule has 53 heavy (non-hydrogen) atoms. The van der Waals surface area contributed by atoms with Gasteiger partial charge in [-0.1, -0.05) is 53.2 Å². The minimum atomic E-state index is -1.62. The van der Waals surface area contributed by atoms with Gasteiger partial charge < -0.3 is 54.7 Å². The fraction of sp³-hybridized carbons (Fsp3) is 0.927. The Morgan fingerprint density at radius 1 is 0.830 bits per heavy atom. The van der Waals surface area contributed by atoms with Crippen molar-refractivity contribution in [1.82, 2.24) is 0 Å². The first-order valence-electron chi connectivity index (χ1n) is 20.2. The Labute approximate surface area is 314 Å². The lowest BCUT2D eigenvalue weighted by Crippen LogP contribution is -2.67. The van der Waals surface area contributed by atoms with E-state index in [1.54, 1.807) is 0 Å². The summed E-state index contributed by atoms with van der Waals surface area (Å²) in [5.41, 5.74) is -0.239. The molecule has 12 heteroatoms. The summed E-state index contributed by atoms with van der Waals surface area (Å²) in [5.74, 6) is -0.194. The number of hydrogen-bond donors (Lipinski definition) is 7. The first kappa shape index (κ1) is 40.0. The highest BCUT2D eigenvalue weighted by atomic mass is 16.8. The van der Waals surface area contributed by atoms with Crippen LogP contribution < -0.4 is 0 Å². The van der Waals surface area contributed by atoms with Crippen LogP contribution in [0.15, 0.2) is 11.6 Å². The number of carboxylic acids is 1. The average molecular weight is 751 g/mol. The highest BCUT2D eigenvalue weighted by molar-refractivity contribution is 5.76. The van der Waals surface area contributed by atoms with Crippen molar-refractivity contribution in [2.24, 2.45) is 50.2 Å². The molecule has 2 aliphatic heterocycles. The summed E-state index contributed by atoms with van der Waals surface area (Å²) >= 11 is 0. The molecule has 2 heterocycles. The summed E-state index contributed by atoms with van der Waals surface area (Å²) in [6.07, 6.45) is -1.79. The van der Waals surface area contributed by atoms with Crippen LogP contribution in [0.3, 0.4) is 0 Å². The van der Waals surface area contributed by atoms with Gasteiger partial charge in [0.15, 0.2) is 12.6 Å². The number of aliphatic hydroxyl groups is 6. The summed E-state index contributed by atoms with van der Waals surface area (Å²) in [7, 11) is 0. The molecule has 0 bridgehead atoms. The summed E-state index contributed by atoms with van der Waals surface area (Å²) in [4.78, 5) is 13.0. The lowest BCUT2D eigenvalue weighted by Gasteiger charge is -2.71. The van der Waals surface area contributed by atoms with Gasteiger partial charge in [0.25, 0.3) is 0 Å². The molecule has 0 radical (unpaired) electrons. The van der Waals surface area contributed by atoms with E-state index in [1.165, 1.54) is 12.5 Å². The topological polar surface area (TPSA) is 196 Å². The van der Waals surface area contributed by atoms with E-state index in [1.807, 2.05) is 0 Å². The van der Waals surface area contributed by atoms with Gasteiger partial charge in [-0.05, 0) is 111 Å². The van der Waals surface area contributed by atoms with Crippen molar-refractivity contribution in [2.45, 2.75) is 174 Å². The van der Waals surface area contributed by atoms with Crippen LogP contribution in [0.5, 0.6) is 0 Å². The maximum absolute atomic E-state index is 13.0. The van der Waals surface area contributed by atoms with E-state index in [9.17, 15) is 40.5 Å². The van der Waals surface area contributed by atoms with Crippen LogP contribution in [0.25, 0.3) is 0 Å². The molecule has 0 aromatic carbocycles. The van der Waals surface area contributed by atoms with Crippen LogP contribution in [-0.2, 0) is 23.7 Å². The lowest BCUT2D eigenvalue weighted by molar-refractivity contribution is -0.365. The Balaban J connectivity index is 1.15. The second-order valence-corrected chi connectivity index (χ2v) is 20.0. The molecular weight excluding hydrogens is 684 g/mol. The number of fused-ring (bicyclic) bond motifs is 7. The zero-order valence-corrected chi connectivity index (χ0v) is 32.7. The van der Waals surface area contributed by atoms with Crippen LogP contribution in [0, 0.1) is 50.2 Å². The largest absolute Gasteiger partial charge is 0.481 e. The predicted molar refractivity (Wildman–Crippen MR) is 192 cm³/mol. The maximum Gasteiger partial charge on any atom is 0.310 e.